The van der Waals surface area contributed by atoms with Crippen LogP contribution >= 0.6 is 0 Å². The fraction of sp³-hybridized carbons (Fsp3) is 0.317. The van der Waals surface area contributed by atoms with E-state index in [-0.39, 0.29) is 48.0 Å². The van der Waals surface area contributed by atoms with Crippen LogP contribution in [0.3, 0.4) is 0 Å². The zero-order chi connectivity index (χ0) is 39.1. The Bertz CT molecular complexity index is 2660. The van der Waals surface area contributed by atoms with Crippen LogP contribution in [0.25, 0.3) is 33.3 Å². The van der Waals surface area contributed by atoms with Crippen molar-refractivity contribution in [2.24, 2.45) is 14.1 Å². The number of ether oxygens (including phenoxy) is 1. The minimum Gasteiger partial charge on any atom is -0.448 e. The molecule has 0 spiro atoms. The van der Waals surface area contributed by atoms with E-state index >= 15 is 0 Å². The van der Waals surface area contributed by atoms with E-state index in [4.69, 9.17) is 14.1 Å². The molecule has 15 nitrogen and oxygen atoms in total. The summed E-state index contributed by atoms with van der Waals surface area (Å²) in [5.74, 6) is 5.48. The third kappa shape index (κ3) is 6.79. The summed E-state index contributed by atoms with van der Waals surface area (Å²) in [6.45, 7) is 3.23. The molecule has 8 rings (SSSR count). The Morgan fingerprint density at radius 1 is 1.00 bits per heavy atom. The molecule has 1 unspecified atom stereocenters. The third-order valence-electron chi connectivity index (χ3n) is 10.6. The Balaban J connectivity index is 0.938. The molecule has 1 atom stereocenters. The number of fused-ring (bicyclic) bond motifs is 2. The normalized spacial score (nSPS) is 16.1. The van der Waals surface area contributed by atoms with E-state index in [2.05, 4.69) is 43.5 Å². The van der Waals surface area contributed by atoms with E-state index in [1.807, 2.05) is 31.1 Å². The second-order valence-corrected chi connectivity index (χ2v) is 14.1. The lowest BCUT2D eigenvalue weighted by Crippen LogP contribution is -2.39. The zero-order valence-electron chi connectivity index (χ0n) is 31.4. The molecule has 1 aromatic carbocycles. The zero-order valence-corrected chi connectivity index (χ0v) is 31.4. The Hall–Kier alpha value is -6.66. The molecule has 3 amide bonds. The number of furan rings is 1. The second kappa shape index (κ2) is 14.9. The number of amides is 3. The van der Waals surface area contributed by atoms with Crippen LogP contribution in [0.2, 0.25) is 0 Å². The van der Waals surface area contributed by atoms with Crippen LogP contribution in [0.15, 0.2) is 64.3 Å². The molecule has 284 valence electrons. The van der Waals surface area contributed by atoms with Crippen molar-refractivity contribution in [2.75, 3.05) is 31.7 Å². The number of aromatic nitrogens is 6. The average molecular weight is 754 g/mol. The van der Waals surface area contributed by atoms with E-state index in [1.54, 1.807) is 60.0 Å². The number of nitrogens with one attached hydrogen (secondary N) is 2. The maximum Gasteiger partial charge on any atom is 0.328 e. The van der Waals surface area contributed by atoms with Gasteiger partial charge >= 0.3 is 5.69 Å². The largest absolute Gasteiger partial charge is 0.448 e. The lowest BCUT2D eigenvalue weighted by molar-refractivity contribution is -0.134. The van der Waals surface area contributed by atoms with Gasteiger partial charge in [-0.15, -0.1) is 0 Å². The molecule has 0 saturated carbocycles. The minimum atomic E-state index is -0.555. The number of hydrogen-bond acceptors (Lipinski definition) is 11. The monoisotopic (exact) mass is 753 g/mol. The van der Waals surface area contributed by atoms with Gasteiger partial charge in [-0.3, -0.25) is 43.8 Å². The maximum absolute atomic E-state index is 13.0. The fourth-order valence-corrected chi connectivity index (χ4v) is 7.53. The first kappa shape index (κ1) is 36.3. The van der Waals surface area contributed by atoms with Crippen molar-refractivity contribution < 1.29 is 23.5 Å². The summed E-state index contributed by atoms with van der Waals surface area (Å²) in [6, 6.07) is 9.40. The summed E-state index contributed by atoms with van der Waals surface area (Å²) in [7, 11) is 5.54. The molecule has 5 aromatic heterocycles. The molecule has 0 radical (unpaired) electrons. The third-order valence-corrected chi connectivity index (χ3v) is 10.6. The van der Waals surface area contributed by atoms with Gasteiger partial charge in [0.2, 0.25) is 11.8 Å². The SMILES string of the molecule is Cc1cc(-c2cnc(N(C)c3cc(C4CCOCC4)c4c(c3)n(C)c(=O)n4C)cn2)cnc1C(=O)NCC#Cc1cc2c(C3CCC(=O)NC3=O)nccc2o1. The molecule has 2 N–H and O–H groups in total. The van der Waals surface area contributed by atoms with Gasteiger partial charge in [-0.05, 0) is 73.4 Å². The van der Waals surface area contributed by atoms with Crippen molar-refractivity contribution in [1.29, 1.82) is 0 Å². The molecule has 2 aliphatic heterocycles. The summed E-state index contributed by atoms with van der Waals surface area (Å²) in [6.07, 6.45) is 8.92. The van der Waals surface area contributed by atoms with Crippen molar-refractivity contribution in [1.82, 2.24) is 39.7 Å². The van der Waals surface area contributed by atoms with Crippen LogP contribution < -0.4 is 21.2 Å². The number of carbonyl (C=O) groups excluding carboxylic acids is 3. The molecule has 6 aromatic rings. The van der Waals surface area contributed by atoms with Gasteiger partial charge in [0.1, 0.15) is 11.3 Å². The van der Waals surface area contributed by atoms with Crippen LogP contribution in [-0.4, -0.2) is 73.6 Å². The number of imidazole rings is 1. The van der Waals surface area contributed by atoms with Gasteiger partial charge in [-0.2, -0.15) is 0 Å². The molecule has 0 bridgehead atoms. The summed E-state index contributed by atoms with van der Waals surface area (Å²) in [5, 5.41) is 5.80. The lowest BCUT2D eigenvalue weighted by atomic mass is 9.90. The standard InChI is InChI=1S/C41H39N9O6/c1-23-16-25(20-46-36(23)40(53)43-12-5-6-27-19-30-33(56-27)9-13-42-37(30)28-7-8-35(51)47-39(28)52)31-21-45-34(22-44-31)48(2)26-17-29(24-10-14-55-15-11-24)38-32(18-26)49(3)41(54)50(38)4/h9,13,16-22,24,28H,7-8,10-12,14-15H2,1-4H3,(H,43,53)(H,47,51,52). The van der Waals surface area contributed by atoms with Crippen molar-refractivity contribution >= 4 is 51.2 Å². The molecule has 56 heavy (non-hydrogen) atoms. The first-order valence-corrected chi connectivity index (χ1v) is 18.4. The van der Waals surface area contributed by atoms with Gasteiger partial charge in [-0.25, -0.2) is 9.78 Å². The molecule has 2 aliphatic rings. The molecule has 2 fully saturated rings. The Kier molecular flexibility index (Phi) is 9.65. The highest BCUT2D eigenvalue weighted by atomic mass is 16.5. The molecular formula is C41H39N9O6. The highest BCUT2D eigenvalue weighted by Crippen LogP contribution is 2.37. The number of nitrogens with zero attached hydrogens (tertiary/aromatic N) is 7. The van der Waals surface area contributed by atoms with Crippen LogP contribution in [0, 0.1) is 18.8 Å². The number of rotatable bonds is 7. The number of anilines is 2. The second-order valence-electron chi connectivity index (χ2n) is 14.1. The summed E-state index contributed by atoms with van der Waals surface area (Å²) >= 11 is 0. The highest BCUT2D eigenvalue weighted by molar-refractivity contribution is 6.02. The van der Waals surface area contributed by atoms with E-state index < -0.39 is 5.92 Å². The van der Waals surface area contributed by atoms with Crippen molar-refractivity contribution in [3.8, 4) is 23.1 Å². The fourth-order valence-electron chi connectivity index (χ4n) is 7.53. The predicted octanol–water partition coefficient (Wildman–Crippen LogP) is 4.14. The number of pyridine rings is 2. The minimum absolute atomic E-state index is 0.0432. The number of benzene rings is 1. The van der Waals surface area contributed by atoms with E-state index in [9.17, 15) is 19.2 Å². The van der Waals surface area contributed by atoms with Crippen molar-refractivity contribution in [3.63, 3.8) is 0 Å². The van der Waals surface area contributed by atoms with Crippen molar-refractivity contribution in [3.05, 3.63) is 93.9 Å². The average Bonchev–Trinajstić information content (AvgIpc) is 3.73. The predicted molar refractivity (Wildman–Crippen MR) is 207 cm³/mol. The Labute approximate surface area is 321 Å². The van der Waals surface area contributed by atoms with Crippen LogP contribution in [0.1, 0.15) is 70.6 Å². The molecule has 15 heteroatoms. The molecule has 2 saturated heterocycles. The summed E-state index contributed by atoms with van der Waals surface area (Å²) in [5.41, 5.74) is 7.04. The van der Waals surface area contributed by atoms with Gasteiger partial charge < -0.3 is 19.4 Å². The quantitative estimate of drug-likeness (QED) is 0.177. The van der Waals surface area contributed by atoms with Gasteiger partial charge in [0.25, 0.3) is 5.91 Å². The molecule has 7 heterocycles. The highest BCUT2D eigenvalue weighted by Gasteiger charge is 2.31. The Morgan fingerprint density at radius 2 is 1.82 bits per heavy atom. The van der Waals surface area contributed by atoms with E-state index in [0.29, 0.717) is 64.7 Å². The number of carbonyl (C=O) groups is 3. The van der Waals surface area contributed by atoms with Gasteiger partial charge in [-0.1, -0.05) is 5.92 Å². The maximum atomic E-state index is 13.0. The van der Waals surface area contributed by atoms with Gasteiger partial charge in [0, 0.05) is 75.9 Å². The number of imide groups is 1. The van der Waals surface area contributed by atoms with Crippen LogP contribution in [0.4, 0.5) is 11.5 Å². The first-order chi connectivity index (χ1) is 27.1. The van der Waals surface area contributed by atoms with Crippen LogP contribution in [0.5, 0.6) is 0 Å². The number of hydrogen-bond donors (Lipinski definition) is 2. The molecule has 0 aliphatic carbocycles. The van der Waals surface area contributed by atoms with E-state index in [1.165, 1.54) is 0 Å². The lowest BCUT2D eigenvalue weighted by Gasteiger charge is -2.26. The van der Waals surface area contributed by atoms with E-state index in [0.717, 1.165) is 35.1 Å². The number of piperidine rings is 1. The smallest absolute Gasteiger partial charge is 0.328 e. The Morgan fingerprint density at radius 3 is 2.57 bits per heavy atom. The van der Waals surface area contributed by atoms with Gasteiger partial charge in [0.15, 0.2) is 11.6 Å². The molecular weight excluding hydrogens is 715 g/mol. The summed E-state index contributed by atoms with van der Waals surface area (Å²) in [4.78, 5) is 70.2. The van der Waals surface area contributed by atoms with Gasteiger partial charge in [0.05, 0.1) is 47.3 Å². The first-order valence-electron chi connectivity index (χ1n) is 18.4. The topological polar surface area (TPSA) is 179 Å². The summed E-state index contributed by atoms with van der Waals surface area (Å²) < 4.78 is 14.9. The van der Waals surface area contributed by atoms with Crippen molar-refractivity contribution in [2.45, 2.75) is 44.4 Å². The van der Waals surface area contributed by atoms with Crippen LogP contribution in [-0.2, 0) is 28.4 Å². The number of aryl methyl sites for hydroxylation is 3.